The van der Waals surface area contributed by atoms with Gasteiger partial charge in [0.05, 0.1) is 11.2 Å². The first-order valence-corrected chi connectivity index (χ1v) is 11.8. The van der Waals surface area contributed by atoms with Crippen molar-refractivity contribution in [3.63, 3.8) is 0 Å². The highest BCUT2D eigenvalue weighted by Crippen LogP contribution is 2.37. The van der Waals surface area contributed by atoms with E-state index in [2.05, 4.69) is 0 Å². The molecule has 9 nitrogen and oxygen atoms in total. The van der Waals surface area contributed by atoms with Crippen molar-refractivity contribution in [2.24, 2.45) is 5.41 Å². The lowest BCUT2D eigenvalue weighted by Gasteiger charge is -2.40. The fourth-order valence-electron chi connectivity index (χ4n) is 4.37. The predicted octanol–water partition coefficient (Wildman–Crippen LogP) is 2.11. The Bertz CT molecular complexity index is 893. The number of piperidine rings is 2. The zero-order valence-corrected chi connectivity index (χ0v) is 18.0. The molecule has 11 heteroatoms. The van der Waals surface area contributed by atoms with Gasteiger partial charge in [-0.3, -0.25) is 10.0 Å². The molecule has 1 aromatic rings. The standard InChI is InChI=1S/C19H26ClN3O6S/c20-16-4-2-1-3-15(16)14-5-9-23(10-6-14)30(28,29)13-19(17(24)21-27)7-11-22(12-8-19)18(25)26/h1-4,14,27H,5-13H2,(H,21,24)(H,25,26). The van der Waals surface area contributed by atoms with Gasteiger partial charge in [0.25, 0.3) is 5.91 Å². The molecule has 0 atom stereocenters. The van der Waals surface area contributed by atoms with Crippen LogP contribution in [0.2, 0.25) is 5.02 Å². The minimum Gasteiger partial charge on any atom is -0.465 e. The molecule has 2 aliphatic heterocycles. The lowest BCUT2D eigenvalue weighted by molar-refractivity contribution is -0.141. The number of hydrogen-bond acceptors (Lipinski definition) is 5. The Labute approximate surface area is 180 Å². The van der Waals surface area contributed by atoms with Gasteiger partial charge in [0.1, 0.15) is 0 Å². The summed E-state index contributed by atoms with van der Waals surface area (Å²) in [5.41, 5.74) is 1.22. The third-order valence-corrected chi connectivity index (χ3v) is 8.64. The Morgan fingerprint density at radius 2 is 1.73 bits per heavy atom. The van der Waals surface area contributed by atoms with Crippen molar-refractivity contribution in [3.8, 4) is 0 Å². The number of carbonyl (C=O) groups is 2. The predicted molar refractivity (Wildman–Crippen MR) is 110 cm³/mol. The van der Waals surface area contributed by atoms with Crippen molar-refractivity contribution < 1.29 is 28.3 Å². The van der Waals surface area contributed by atoms with Gasteiger partial charge < -0.3 is 10.0 Å². The van der Waals surface area contributed by atoms with Crippen LogP contribution in [0.4, 0.5) is 4.79 Å². The quantitative estimate of drug-likeness (QED) is 0.457. The fourth-order valence-corrected chi connectivity index (χ4v) is 6.73. The van der Waals surface area contributed by atoms with Crippen LogP contribution in [0.1, 0.15) is 37.2 Å². The SMILES string of the molecule is O=C(O)N1CCC(CS(=O)(=O)N2CCC(c3ccccc3Cl)CC2)(C(=O)NO)CC1. The number of nitrogens with one attached hydrogen (secondary N) is 1. The first-order chi connectivity index (χ1) is 14.2. The van der Waals surface area contributed by atoms with Gasteiger partial charge in [-0.1, -0.05) is 29.8 Å². The van der Waals surface area contributed by atoms with Crippen molar-refractivity contribution in [1.29, 1.82) is 0 Å². The number of benzene rings is 1. The van der Waals surface area contributed by atoms with Crippen molar-refractivity contribution >= 4 is 33.6 Å². The Hall–Kier alpha value is -1.88. The number of amides is 2. The van der Waals surface area contributed by atoms with E-state index in [0.717, 1.165) is 10.5 Å². The minimum atomic E-state index is -3.79. The van der Waals surface area contributed by atoms with E-state index >= 15 is 0 Å². The molecule has 0 aliphatic carbocycles. The van der Waals surface area contributed by atoms with E-state index in [4.69, 9.17) is 16.7 Å². The van der Waals surface area contributed by atoms with Crippen LogP contribution in [-0.2, 0) is 14.8 Å². The molecule has 2 amide bonds. The number of sulfonamides is 1. The molecule has 30 heavy (non-hydrogen) atoms. The topological polar surface area (TPSA) is 127 Å². The van der Waals surface area contributed by atoms with Crippen LogP contribution in [0.25, 0.3) is 0 Å². The van der Waals surface area contributed by atoms with E-state index in [0.29, 0.717) is 31.0 Å². The summed E-state index contributed by atoms with van der Waals surface area (Å²) < 4.78 is 27.6. The molecule has 0 unspecified atom stereocenters. The maximum atomic E-state index is 13.1. The third-order valence-electron chi connectivity index (χ3n) is 6.23. The average Bonchev–Trinajstić information content (AvgIpc) is 2.73. The molecule has 3 N–H and O–H groups in total. The molecule has 0 aromatic heterocycles. The number of likely N-dealkylation sites (tertiary alicyclic amines) is 1. The summed E-state index contributed by atoms with van der Waals surface area (Å²) in [6.07, 6.45) is 0.184. The maximum absolute atomic E-state index is 13.1. The molecule has 166 valence electrons. The molecule has 0 spiro atoms. The zero-order valence-electron chi connectivity index (χ0n) is 16.5. The maximum Gasteiger partial charge on any atom is 0.407 e. The highest BCUT2D eigenvalue weighted by Gasteiger charge is 2.47. The summed E-state index contributed by atoms with van der Waals surface area (Å²) in [5.74, 6) is -1.09. The van der Waals surface area contributed by atoms with Crippen LogP contribution in [0.15, 0.2) is 24.3 Å². The molecule has 2 saturated heterocycles. The van der Waals surface area contributed by atoms with Crippen LogP contribution in [-0.4, -0.2) is 71.9 Å². The second-order valence-corrected chi connectivity index (χ2v) is 10.3. The third kappa shape index (κ3) is 4.72. The van der Waals surface area contributed by atoms with Crippen LogP contribution >= 0.6 is 11.6 Å². The number of nitrogens with zero attached hydrogens (tertiary/aromatic N) is 2. The normalized spacial score (nSPS) is 20.7. The van der Waals surface area contributed by atoms with E-state index in [9.17, 15) is 23.2 Å². The van der Waals surface area contributed by atoms with E-state index in [1.165, 1.54) is 4.31 Å². The minimum absolute atomic E-state index is 0.0288. The second-order valence-electron chi connectivity index (χ2n) is 7.94. The van der Waals surface area contributed by atoms with Crippen molar-refractivity contribution in [2.45, 2.75) is 31.6 Å². The van der Waals surface area contributed by atoms with Crippen LogP contribution in [0.3, 0.4) is 0 Å². The van der Waals surface area contributed by atoms with Crippen LogP contribution in [0.5, 0.6) is 0 Å². The monoisotopic (exact) mass is 459 g/mol. The van der Waals surface area contributed by atoms with E-state index in [-0.39, 0.29) is 31.8 Å². The molecule has 1 aromatic carbocycles. The summed E-state index contributed by atoms with van der Waals surface area (Å²) in [4.78, 5) is 24.7. The molecule has 0 radical (unpaired) electrons. The largest absolute Gasteiger partial charge is 0.465 e. The second kappa shape index (κ2) is 9.09. The van der Waals surface area contributed by atoms with E-state index in [1.54, 1.807) is 5.48 Å². The Morgan fingerprint density at radius 1 is 1.13 bits per heavy atom. The van der Waals surface area contributed by atoms with Crippen molar-refractivity contribution in [1.82, 2.24) is 14.7 Å². The number of hydroxylamine groups is 1. The number of rotatable bonds is 5. The molecule has 2 fully saturated rings. The Balaban J connectivity index is 1.69. The molecule has 2 aliphatic rings. The molecule has 0 bridgehead atoms. The van der Waals surface area contributed by atoms with Crippen LogP contribution < -0.4 is 5.48 Å². The highest BCUT2D eigenvalue weighted by molar-refractivity contribution is 7.89. The van der Waals surface area contributed by atoms with Gasteiger partial charge in [-0.25, -0.2) is 23.0 Å². The smallest absolute Gasteiger partial charge is 0.407 e. The molecule has 3 rings (SSSR count). The highest BCUT2D eigenvalue weighted by atomic mass is 35.5. The van der Waals surface area contributed by atoms with Gasteiger partial charge in [0, 0.05) is 31.2 Å². The number of carboxylic acid groups (broad SMARTS) is 1. The lowest BCUT2D eigenvalue weighted by Crippen LogP contribution is -2.54. The average molecular weight is 460 g/mol. The fraction of sp³-hybridized carbons (Fsp3) is 0.579. The first kappa shape index (κ1) is 22.8. The van der Waals surface area contributed by atoms with Gasteiger partial charge in [0.15, 0.2) is 0 Å². The van der Waals surface area contributed by atoms with Gasteiger partial charge in [-0.15, -0.1) is 0 Å². The van der Waals surface area contributed by atoms with E-state index in [1.807, 2.05) is 24.3 Å². The Kier molecular flexibility index (Phi) is 6.91. The van der Waals surface area contributed by atoms with Crippen LogP contribution in [0, 0.1) is 5.41 Å². The van der Waals surface area contributed by atoms with E-state index < -0.39 is 33.2 Å². The lowest BCUT2D eigenvalue weighted by atomic mass is 9.79. The first-order valence-electron chi connectivity index (χ1n) is 9.83. The van der Waals surface area contributed by atoms with Gasteiger partial charge >= 0.3 is 6.09 Å². The zero-order chi connectivity index (χ0) is 21.9. The molecule has 2 heterocycles. The molecule has 0 saturated carbocycles. The van der Waals surface area contributed by atoms with Gasteiger partial charge in [0.2, 0.25) is 10.0 Å². The number of hydrogen-bond donors (Lipinski definition) is 3. The summed E-state index contributed by atoms with van der Waals surface area (Å²) in [6.45, 7) is 0.701. The number of halogens is 1. The van der Waals surface area contributed by atoms with Crippen molar-refractivity contribution in [3.05, 3.63) is 34.9 Å². The summed E-state index contributed by atoms with van der Waals surface area (Å²) in [5, 5.41) is 19.0. The van der Waals surface area contributed by atoms with Gasteiger partial charge in [-0.05, 0) is 43.2 Å². The summed E-state index contributed by atoms with van der Waals surface area (Å²) >= 11 is 6.27. The number of carbonyl (C=O) groups excluding carboxylic acids is 1. The Morgan fingerprint density at radius 3 is 2.27 bits per heavy atom. The molecular formula is C19H26ClN3O6S. The summed E-state index contributed by atoms with van der Waals surface area (Å²) in [7, 11) is -3.79. The summed E-state index contributed by atoms with van der Waals surface area (Å²) in [6, 6.07) is 7.53. The van der Waals surface area contributed by atoms with Gasteiger partial charge in [-0.2, -0.15) is 0 Å². The molecular weight excluding hydrogens is 434 g/mol. The van der Waals surface area contributed by atoms with Crippen molar-refractivity contribution in [2.75, 3.05) is 31.9 Å².